The third kappa shape index (κ3) is 2.23. The third-order valence-electron chi connectivity index (χ3n) is 3.25. The first-order valence-corrected chi connectivity index (χ1v) is 7.03. The minimum atomic E-state index is -3.57. The Kier molecular flexibility index (Phi) is 3.24. The fourth-order valence-corrected chi connectivity index (χ4v) is 3.46. The maximum atomic E-state index is 11.3. The van der Waals surface area contributed by atoms with Crippen LogP contribution in [0.3, 0.4) is 0 Å². The van der Waals surface area contributed by atoms with Crippen molar-refractivity contribution in [2.45, 2.75) is 32.0 Å². The maximum Gasteiger partial charge on any atom is 0.277 e. The van der Waals surface area contributed by atoms with Gasteiger partial charge in [0.1, 0.15) is 0 Å². The van der Waals surface area contributed by atoms with Crippen molar-refractivity contribution >= 4 is 10.2 Å². The molecule has 2 N–H and O–H groups in total. The Balaban J connectivity index is 2.18. The monoisotopic (exact) mass is 249 g/mol. The van der Waals surface area contributed by atoms with Gasteiger partial charge in [-0.1, -0.05) is 0 Å². The first kappa shape index (κ1) is 12.3. The molecule has 2 aliphatic rings. The average molecular weight is 249 g/mol. The summed E-state index contributed by atoms with van der Waals surface area (Å²) in [7, 11) is -3.57. The topological polar surface area (TPSA) is 75.9 Å². The summed E-state index contributed by atoms with van der Waals surface area (Å²) in [4.78, 5) is 2.34. The molecule has 2 saturated heterocycles. The molecule has 0 aliphatic carbocycles. The molecule has 2 atom stereocenters. The minimum Gasteiger partial charge on any atom is -0.378 e. The minimum absolute atomic E-state index is 0.130. The van der Waals surface area contributed by atoms with Crippen LogP contribution in [0.15, 0.2) is 0 Å². The number of morpholine rings is 1. The third-order valence-corrected chi connectivity index (χ3v) is 4.27. The fourth-order valence-electron chi connectivity index (χ4n) is 2.70. The van der Waals surface area contributed by atoms with Gasteiger partial charge in [0, 0.05) is 31.2 Å². The van der Waals surface area contributed by atoms with Gasteiger partial charge >= 0.3 is 0 Å². The van der Waals surface area contributed by atoms with E-state index >= 15 is 0 Å². The first-order chi connectivity index (χ1) is 7.39. The summed E-state index contributed by atoms with van der Waals surface area (Å²) < 4.78 is 29.5. The van der Waals surface area contributed by atoms with E-state index in [1.54, 1.807) is 0 Å². The molecule has 0 aromatic heterocycles. The second-order valence-electron chi connectivity index (χ2n) is 4.75. The summed E-state index contributed by atoms with van der Waals surface area (Å²) >= 11 is 0. The van der Waals surface area contributed by atoms with E-state index in [2.05, 4.69) is 18.7 Å². The number of rotatable bonds is 2. The van der Waals surface area contributed by atoms with Gasteiger partial charge < -0.3 is 4.74 Å². The molecule has 2 aliphatic heterocycles. The van der Waals surface area contributed by atoms with Gasteiger partial charge in [0.2, 0.25) is 0 Å². The summed E-state index contributed by atoms with van der Waals surface area (Å²) in [6.45, 7) is 6.29. The summed E-state index contributed by atoms with van der Waals surface area (Å²) in [6, 6.07) is 0.665. The lowest BCUT2D eigenvalue weighted by Crippen LogP contribution is -2.67. The normalized spacial score (nSPS) is 33.2. The summed E-state index contributed by atoms with van der Waals surface area (Å²) in [6.07, 6.45) is 0. The zero-order valence-electron chi connectivity index (χ0n) is 9.67. The molecule has 0 amide bonds. The van der Waals surface area contributed by atoms with Crippen molar-refractivity contribution in [1.29, 1.82) is 0 Å². The average Bonchev–Trinajstić information content (AvgIpc) is 2.13. The van der Waals surface area contributed by atoms with Gasteiger partial charge in [-0.3, -0.25) is 4.90 Å². The van der Waals surface area contributed by atoms with Crippen molar-refractivity contribution in [3.05, 3.63) is 0 Å². The number of hydrogen-bond acceptors (Lipinski definition) is 4. The van der Waals surface area contributed by atoms with Crippen LogP contribution in [0.25, 0.3) is 0 Å². The molecule has 2 rings (SSSR count). The molecule has 0 radical (unpaired) electrons. The van der Waals surface area contributed by atoms with Crippen molar-refractivity contribution in [1.82, 2.24) is 9.21 Å². The summed E-state index contributed by atoms with van der Waals surface area (Å²) in [5.41, 5.74) is 0. The van der Waals surface area contributed by atoms with E-state index in [-0.39, 0.29) is 12.1 Å². The zero-order chi connectivity index (χ0) is 11.9. The van der Waals surface area contributed by atoms with Crippen LogP contribution in [0.1, 0.15) is 13.8 Å². The number of fused-ring (bicyclic) bond motifs is 2. The molecule has 0 aromatic carbocycles. The summed E-state index contributed by atoms with van der Waals surface area (Å²) in [5.74, 6) is 0. The van der Waals surface area contributed by atoms with Gasteiger partial charge in [0.05, 0.1) is 13.2 Å². The highest BCUT2D eigenvalue weighted by Crippen LogP contribution is 2.24. The molecule has 2 bridgehead atoms. The van der Waals surface area contributed by atoms with Gasteiger partial charge in [-0.15, -0.1) is 0 Å². The van der Waals surface area contributed by atoms with Crippen LogP contribution in [0.2, 0.25) is 0 Å². The molecular weight excluding hydrogens is 230 g/mol. The van der Waals surface area contributed by atoms with Gasteiger partial charge in [0.25, 0.3) is 10.2 Å². The molecule has 2 heterocycles. The van der Waals surface area contributed by atoms with Crippen LogP contribution in [0.5, 0.6) is 0 Å². The number of nitrogens with two attached hydrogens (primary N) is 1. The van der Waals surface area contributed by atoms with Crippen molar-refractivity contribution in [2.24, 2.45) is 5.14 Å². The lowest BCUT2D eigenvalue weighted by molar-refractivity contribution is -0.0951. The molecule has 94 valence electrons. The van der Waals surface area contributed by atoms with E-state index in [0.717, 1.165) is 0 Å². The highest BCUT2D eigenvalue weighted by Gasteiger charge is 2.41. The predicted octanol–water partition coefficient (Wildman–Crippen LogP) is -1.02. The van der Waals surface area contributed by atoms with Gasteiger partial charge in [-0.25, -0.2) is 5.14 Å². The first-order valence-electron chi connectivity index (χ1n) is 5.52. The molecule has 2 fully saturated rings. The van der Waals surface area contributed by atoms with Crippen LogP contribution in [0, 0.1) is 0 Å². The highest BCUT2D eigenvalue weighted by molar-refractivity contribution is 7.86. The Bertz CT molecular complexity index is 343. The Morgan fingerprint density at radius 3 is 2.12 bits per heavy atom. The predicted molar refractivity (Wildman–Crippen MR) is 60.1 cm³/mol. The Morgan fingerprint density at radius 1 is 1.25 bits per heavy atom. The Labute approximate surface area is 96.5 Å². The van der Waals surface area contributed by atoms with E-state index in [1.165, 1.54) is 4.31 Å². The summed E-state index contributed by atoms with van der Waals surface area (Å²) in [5, 5.41) is 5.17. The molecule has 2 unspecified atom stereocenters. The Hall–Kier alpha value is -0.210. The Morgan fingerprint density at radius 2 is 1.75 bits per heavy atom. The molecule has 0 spiro atoms. The van der Waals surface area contributed by atoms with Gasteiger partial charge in [-0.05, 0) is 13.8 Å². The van der Waals surface area contributed by atoms with Crippen molar-refractivity contribution in [3.8, 4) is 0 Å². The molecule has 7 heteroatoms. The van der Waals surface area contributed by atoms with Crippen molar-refractivity contribution in [3.63, 3.8) is 0 Å². The fraction of sp³-hybridized carbons (Fsp3) is 1.00. The molecule has 6 nitrogen and oxygen atoms in total. The smallest absolute Gasteiger partial charge is 0.277 e. The van der Waals surface area contributed by atoms with E-state index in [0.29, 0.717) is 32.3 Å². The van der Waals surface area contributed by atoms with Crippen LogP contribution >= 0.6 is 0 Å². The number of ether oxygens (including phenoxy) is 1. The SMILES string of the molecule is CC(C)N1C2COCC1CN(S(N)(=O)=O)C2. The lowest BCUT2D eigenvalue weighted by atomic mass is 10.0. The highest BCUT2D eigenvalue weighted by atomic mass is 32.2. The lowest BCUT2D eigenvalue weighted by Gasteiger charge is -2.50. The van der Waals surface area contributed by atoms with Crippen molar-refractivity contribution < 1.29 is 13.2 Å². The van der Waals surface area contributed by atoms with Crippen LogP contribution in [-0.2, 0) is 14.9 Å². The van der Waals surface area contributed by atoms with E-state index in [9.17, 15) is 8.42 Å². The molecule has 16 heavy (non-hydrogen) atoms. The zero-order valence-corrected chi connectivity index (χ0v) is 10.5. The maximum absolute atomic E-state index is 11.3. The van der Waals surface area contributed by atoms with E-state index in [1.807, 2.05) is 0 Å². The van der Waals surface area contributed by atoms with Crippen LogP contribution < -0.4 is 5.14 Å². The molecule has 0 saturated carbocycles. The second-order valence-corrected chi connectivity index (χ2v) is 6.29. The molecular formula is C9H19N3O3S. The number of hydrogen-bond donors (Lipinski definition) is 1. The van der Waals surface area contributed by atoms with Crippen LogP contribution in [-0.4, -0.2) is 62.1 Å². The second kappa shape index (κ2) is 4.23. The quantitative estimate of drug-likeness (QED) is 0.680. The van der Waals surface area contributed by atoms with Crippen molar-refractivity contribution in [2.75, 3.05) is 26.3 Å². The van der Waals surface area contributed by atoms with Crippen LogP contribution in [0.4, 0.5) is 0 Å². The van der Waals surface area contributed by atoms with E-state index in [4.69, 9.17) is 9.88 Å². The number of piperazine rings is 1. The standard InChI is InChI=1S/C9H19N3O3S/c1-7(2)12-8-3-11(16(10,13)14)4-9(12)6-15-5-8/h7-9H,3-6H2,1-2H3,(H2,10,13,14). The number of nitrogens with zero attached hydrogens (tertiary/aromatic N) is 2. The van der Waals surface area contributed by atoms with E-state index < -0.39 is 10.2 Å². The molecule has 0 aromatic rings. The van der Waals surface area contributed by atoms with Gasteiger partial charge in [0.15, 0.2) is 0 Å². The van der Waals surface area contributed by atoms with Gasteiger partial charge in [-0.2, -0.15) is 12.7 Å². The largest absolute Gasteiger partial charge is 0.378 e.